The first-order valence-corrected chi connectivity index (χ1v) is 10.1. The zero-order chi connectivity index (χ0) is 21.8. The van der Waals surface area contributed by atoms with Crippen LogP contribution in [0, 0.1) is 6.92 Å². The molecule has 4 N–H and O–H groups in total. The number of benzene rings is 1. The number of imidazole rings is 1. The lowest BCUT2D eigenvalue weighted by Crippen LogP contribution is -2.16. The smallest absolute Gasteiger partial charge is 0.223 e. The van der Waals surface area contributed by atoms with Gasteiger partial charge in [0.2, 0.25) is 11.9 Å². The third kappa shape index (κ3) is 5.01. The Balaban J connectivity index is 1.53. The highest BCUT2D eigenvalue weighted by molar-refractivity contribution is 6.36. The molecule has 3 aromatic heterocycles. The third-order valence-corrected chi connectivity index (χ3v) is 4.87. The van der Waals surface area contributed by atoms with Crippen molar-refractivity contribution >= 4 is 40.9 Å². The van der Waals surface area contributed by atoms with Crippen LogP contribution in [0.2, 0.25) is 10.0 Å². The molecule has 11 heteroatoms. The molecular weight excluding hydrogens is 437 g/mol. The highest BCUT2D eigenvalue weighted by atomic mass is 35.5. The van der Waals surface area contributed by atoms with Crippen molar-refractivity contribution in [3.63, 3.8) is 0 Å². The number of aryl methyl sites for hydroxylation is 1. The molecule has 0 fully saturated rings. The van der Waals surface area contributed by atoms with E-state index in [2.05, 4.69) is 30.6 Å². The molecule has 1 aromatic carbocycles. The number of hydrogen-bond donors (Lipinski definition) is 3. The Morgan fingerprint density at radius 2 is 1.90 bits per heavy atom. The summed E-state index contributed by atoms with van der Waals surface area (Å²) in [5, 5.41) is 7.45. The SMILES string of the molecule is Cc1cc(NCCNc2ncc(-n3ccnc3)c(-c3ccc(Cl)cc3Cl)n2)nc(N)n1. The summed E-state index contributed by atoms with van der Waals surface area (Å²) >= 11 is 12.5. The fourth-order valence-electron chi connectivity index (χ4n) is 2.98. The van der Waals surface area contributed by atoms with Crippen LogP contribution in [-0.2, 0) is 0 Å². The predicted molar refractivity (Wildman–Crippen MR) is 123 cm³/mol. The first-order valence-electron chi connectivity index (χ1n) is 9.39. The highest BCUT2D eigenvalue weighted by Crippen LogP contribution is 2.33. The summed E-state index contributed by atoms with van der Waals surface area (Å²) in [6.07, 6.45) is 6.91. The summed E-state index contributed by atoms with van der Waals surface area (Å²) < 4.78 is 1.83. The van der Waals surface area contributed by atoms with Crippen molar-refractivity contribution in [2.45, 2.75) is 6.92 Å². The fourth-order valence-corrected chi connectivity index (χ4v) is 3.48. The second-order valence-corrected chi connectivity index (χ2v) is 7.47. The first kappa shape index (κ1) is 20.8. The molecule has 4 rings (SSSR count). The minimum absolute atomic E-state index is 0.235. The van der Waals surface area contributed by atoms with Crippen molar-refractivity contribution in [2.24, 2.45) is 0 Å². The maximum absolute atomic E-state index is 6.45. The van der Waals surface area contributed by atoms with Gasteiger partial charge in [0.1, 0.15) is 11.5 Å². The van der Waals surface area contributed by atoms with Crippen molar-refractivity contribution in [2.75, 3.05) is 29.5 Å². The van der Waals surface area contributed by atoms with Gasteiger partial charge in [0.05, 0.1) is 23.2 Å². The molecule has 9 nitrogen and oxygen atoms in total. The first-order chi connectivity index (χ1) is 15.0. The number of hydrogen-bond acceptors (Lipinski definition) is 8. The van der Waals surface area contributed by atoms with E-state index in [-0.39, 0.29) is 5.95 Å². The summed E-state index contributed by atoms with van der Waals surface area (Å²) in [6, 6.07) is 7.12. The molecule has 0 aliphatic carbocycles. The van der Waals surface area contributed by atoms with E-state index in [0.717, 1.165) is 16.9 Å². The van der Waals surface area contributed by atoms with Gasteiger partial charge < -0.3 is 20.9 Å². The van der Waals surface area contributed by atoms with Gasteiger partial charge >= 0.3 is 0 Å². The maximum Gasteiger partial charge on any atom is 0.223 e. The number of nitrogen functional groups attached to an aromatic ring is 1. The minimum Gasteiger partial charge on any atom is -0.368 e. The van der Waals surface area contributed by atoms with Crippen LogP contribution < -0.4 is 16.4 Å². The zero-order valence-corrected chi connectivity index (χ0v) is 18.1. The van der Waals surface area contributed by atoms with Crippen LogP contribution in [0.4, 0.5) is 17.7 Å². The van der Waals surface area contributed by atoms with E-state index in [1.54, 1.807) is 30.9 Å². The monoisotopic (exact) mass is 455 g/mol. The highest BCUT2D eigenvalue weighted by Gasteiger charge is 2.14. The zero-order valence-electron chi connectivity index (χ0n) is 16.5. The van der Waals surface area contributed by atoms with Gasteiger partial charge in [0, 0.05) is 47.8 Å². The lowest BCUT2D eigenvalue weighted by Gasteiger charge is -2.13. The standard InChI is InChI=1S/C20H19Cl2N9/c1-12-8-17(29-19(23)28-12)25-4-5-26-20-27-10-16(31-7-6-24-11-31)18(30-20)14-3-2-13(21)9-15(14)22/h2-3,6-11H,4-5H2,1H3,(H,26,27,30)(H3,23,25,28,29). The Morgan fingerprint density at radius 3 is 2.65 bits per heavy atom. The van der Waals surface area contributed by atoms with Crippen molar-refractivity contribution in [1.29, 1.82) is 0 Å². The van der Waals surface area contributed by atoms with Crippen molar-refractivity contribution in [3.05, 3.63) is 64.9 Å². The van der Waals surface area contributed by atoms with Crippen LogP contribution in [-0.4, -0.2) is 42.6 Å². The van der Waals surface area contributed by atoms with Gasteiger partial charge in [-0.1, -0.05) is 23.2 Å². The molecule has 0 saturated heterocycles. The number of nitrogens with zero attached hydrogens (tertiary/aromatic N) is 6. The minimum atomic E-state index is 0.235. The van der Waals surface area contributed by atoms with E-state index >= 15 is 0 Å². The Hall–Kier alpha value is -3.43. The number of halogens is 2. The van der Waals surface area contributed by atoms with E-state index in [4.69, 9.17) is 33.9 Å². The topological polar surface area (TPSA) is 119 Å². The third-order valence-electron chi connectivity index (χ3n) is 4.32. The number of aromatic nitrogens is 6. The summed E-state index contributed by atoms with van der Waals surface area (Å²) in [5.41, 5.74) is 8.62. The molecule has 0 spiro atoms. The van der Waals surface area contributed by atoms with E-state index in [1.807, 2.05) is 29.8 Å². The Labute approximate surface area is 188 Å². The molecule has 3 heterocycles. The Kier molecular flexibility index (Phi) is 6.15. The summed E-state index contributed by atoms with van der Waals surface area (Å²) in [5.74, 6) is 1.36. The number of nitrogens with two attached hydrogens (primary N) is 1. The van der Waals surface area contributed by atoms with Gasteiger partial charge in [-0.25, -0.2) is 19.9 Å². The van der Waals surface area contributed by atoms with Gasteiger partial charge in [-0.15, -0.1) is 0 Å². The van der Waals surface area contributed by atoms with Gasteiger partial charge in [0.15, 0.2) is 0 Å². The second kappa shape index (κ2) is 9.15. The molecule has 0 unspecified atom stereocenters. The fraction of sp³-hybridized carbons (Fsp3) is 0.150. The molecule has 0 aliphatic heterocycles. The largest absolute Gasteiger partial charge is 0.368 e. The van der Waals surface area contributed by atoms with Gasteiger partial charge in [-0.3, -0.25) is 0 Å². The average Bonchev–Trinajstić information content (AvgIpc) is 3.25. The van der Waals surface area contributed by atoms with Gasteiger partial charge in [-0.05, 0) is 25.1 Å². The van der Waals surface area contributed by atoms with E-state index < -0.39 is 0 Å². The summed E-state index contributed by atoms with van der Waals surface area (Å²) in [4.78, 5) is 21.4. The van der Waals surface area contributed by atoms with Crippen LogP contribution in [0.3, 0.4) is 0 Å². The van der Waals surface area contributed by atoms with Crippen LogP contribution in [0.25, 0.3) is 16.9 Å². The number of rotatable bonds is 7. The normalized spacial score (nSPS) is 10.8. The number of anilines is 3. The molecular formula is C20H19Cl2N9. The van der Waals surface area contributed by atoms with Crippen molar-refractivity contribution in [1.82, 2.24) is 29.5 Å². The van der Waals surface area contributed by atoms with Crippen LogP contribution >= 0.6 is 23.2 Å². The van der Waals surface area contributed by atoms with Crippen LogP contribution in [0.15, 0.2) is 49.2 Å². The quantitative estimate of drug-likeness (QED) is 0.359. The average molecular weight is 456 g/mol. The molecule has 31 heavy (non-hydrogen) atoms. The second-order valence-electron chi connectivity index (χ2n) is 6.63. The Morgan fingerprint density at radius 1 is 1.06 bits per heavy atom. The van der Waals surface area contributed by atoms with Gasteiger partial charge in [0.25, 0.3) is 0 Å². The molecule has 0 radical (unpaired) electrons. The van der Waals surface area contributed by atoms with Crippen LogP contribution in [0.1, 0.15) is 5.69 Å². The number of nitrogens with one attached hydrogen (secondary N) is 2. The lowest BCUT2D eigenvalue weighted by atomic mass is 10.1. The lowest BCUT2D eigenvalue weighted by molar-refractivity contribution is 0.982. The molecule has 4 aromatic rings. The molecule has 0 atom stereocenters. The van der Waals surface area contributed by atoms with E-state index in [9.17, 15) is 0 Å². The summed E-state index contributed by atoms with van der Waals surface area (Å²) in [7, 11) is 0. The van der Waals surface area contributed by atoms with E-state index in [0.29, 0.717) is 40.6 Å². The molecule has 0 bridgehead atoms. The Bertz CT molecular complexity index is 1180. The molecule has 0 aliphatic rings. The van der Waals surface area contributed by atoms with Crippen LogP contribution in [0.5, 0.6) is 0 Å². The van der Waals surface area contributed by atoms with Crippen molar-refractivity contribution in [3.8, 4) is 16.9 Å². The molecule has 0 saturated carbocycles. The predicted octanol–water partition coefficient (Wildman–Crippen LogP) is 3.84. The summed E-state index contributed by atoms with van der Waals surface area (Å²) in [6.45, 7) is 3.00. The van der Waals surface area contributed by atoms with Gasteiger partial charge in [-0.2, -0.15) is 4.98 Å². The van der Waals surface area contributed by atoms with E-state index in [1.165, 1.54) is 0 Å². The molecule has 0 amide bonds. The van der Waals surface area contributed by atoms with Crippen molar-refractivity contribution < 1.29 is 0 Å². The molecule has 158 valence electrons. The maximum atomic E-state index is 6.45.